The molecule has 0 saturated heterocycles. The molecule has 0 fully saturated rings. The Hall–Kier alpha value is -2.29. The van der Waals surface area contributed by atoms with Crippen LogP contribution in [0.3, 0.4) is 0 Å². The van der Waals surface area contributed by atoms with Gasteiger partial charge in [-0.25, -0.2) is 18.1 Å². The van der Waals surface area contributed by atoms with E-state index in [4.69, 9.17) is 0 Å². The van der Waals surface area contributed by atoms with Crippen molar-refractivity contribution in [3.8, 4) is 0 Å². The van der Waals surface area contributed by atoms with E-state index in [-0.39, 0.29) is 10.8 Å². The maximum Gasteiger partial charge on any atom is 0.251 e. The maximum atomic E-state index is 12.5. The zero-order chi connectivity index (χ0) is 18.0. The summed E-state index contributed by atoms with van der Waals surface area (Å²) in [7, 11) is -2.26. The summed E-state index contributed by atoms with van der Waals surface area (Å²) in [6.45, 7) is 2.06. The number of sulfonamides is 1. The number of para-hydroxylation sites is 1. The third-order valence-electron chi connectivity index (χ3n) is 3.77. The average Bonchev–Trinajstić information content (AvgIpc) is 3.02. The van der Waals surface area contributed by atoms with Gasteiger partial charge in [-0.3, -0.25) is 4.79 Å². The largest absolute Gasteiger partial charge is 0.346 e. The number of aromatic nitrogens is 1. The summed E-state index contributed by atoms with van der Waals surface area (Å²) in [6.07, 6.45) is 0. The summed E-state index contributed by atoms with van der Waals surface area (Å²) < 4.78 is 27.1. The Bertz CT molecular complexity index is 1010. The fraction of sp³-hybridized carbons (Fsp3) is 0.176. The van der Waals surface area contributed by atoms with E-state index >= 15 is 0 Å². The van der Waals surface area contributed by atoms with Crippen molar-refractivity contribution in [3.05, 3.63) is 58.6 Å². The molecule has 2 aromatic carbocycles. The second-order valence-corrected chi connectivity index (χ2v) is 8.44. The van der Waals surface area contributed by atoms with Crippen LogP contribution in [0.15, 0.2) is 47.4 Å². The number of carbonyl (C=O) groups excluding carboxylic acids is 1. The third kappa shape index (κ3) is 3.71. The normalized spacial score (nSPS) is 11.6. The first kappa shape index (κ1) is 17.5. The van der Waals surface area contributed by atoms with E-state index in [1.807, 2.05) is 24.3 Å². The molecular formula is C17H17N3O3S2. The van der Waals surface area contributed by atoms with E-state index in [1.54, 1.807) is 13.0 Å². The van der Waals surface area contributed by atoms with Crippen molar-refractivity contribution in [2.45, 2.75) is 18.4 Å². The molecule has 6 nitrogen and oxygen atoms in total. The Labute approximate surface area is 150 Å². The lowest BCUT2D eigenvalue weighted by Gasteiger charge is -2.09. The van der Waals surface area contributed by atoms with Crippen LogP contribution in [-0.4, -0.2) is 26.4 Å². The topological polar surface area (TPSA) is 88.2 Å². The number of carbonyl (C=O) groups is 1. The fourth-order valence-corrected chi connectivity index (χ4v) is 4.04. The molecule has 0 saturated carbocycles. The molecule has 3 aromatic rings. The molecule has 0 bridgehead atoms. The molecule has 0 radical (unpaired) electrons. The predicted octanol–water partition coefficient (Wildman–Crippen LogP) is 2.44. The van der Waals surface area contributed by atoms with Gasteiger partial charge in [0.2, 0.25) is 10.0 Å². The van der Waals surface area contributed by atoms with Gasteiger partial charge < -0.3 is 5.32 Å². The van der Waals surface area contributed by atoms with Crippen LogP contribution in [-0.2, 0) is 16.6 Å². The average molecular weight is 375 g/mol. The van der Waals surface area contributed by atoms with Crippen LogP contribution in [0.25, 0.3) is 10.2 Å². The molecule has 130 valence electrons. The number of hydrogen-bond acceptors (Lipinski definition) is 5. The predicted molar refractivity (Wildman–Crippen MR) is 98.2 cm³/mol. The minimum absolute atomic E-state index is 0.0609. The quantitative estimate of drug-likeness (QED) is 0.717. The van der Waals surface area contributed by atoms with E-state index in [2.05, 4.69) is 15.0 Å². The SMILES string of the molecule is CNS(=O)(=O)c1ccc(C)c(C(=O)NCc2nc3ccccc3s2)c1. The van der Waals surface area contributed by atoms with Crippen molar-refractivity contribution < 1.29 is 13.2 Å². The molecule has 2 N–H and O–H groups in total. The number of nitrogens with one attached hydrogen (secondary N) is 2. The smallest absolute Gasteiger partial charge is 0.251 e. The summed E-state index contributed by atoms with van der Waals surface area (Å²) in [4.78, 5) is 17.0. The van der Waals surface area contributed by atoms with Crippen LogP contribution in [0.4, 0.5) is 0 Å². The van der Waals surface area contributed by atoms with Crippen molar-refractivity contribution in [2.24, 2.45) is 0 Å². The van der Waals surface area contributed by atoms with Crippen LogP contribution >= 0.6 is 11.3 Å². The molecule has 0 aliphatic carbocycles. The number of amides is 1. The zero-order valence-electron chi connectivity index (χ0n) is 13.7. The van der Waals surface area contributed by atoms with Gasteiger partial charge in [0, 0.05) is 5.56 Å². The van der Waals surface area contributed by atoms with Crippen molar-refractivity contribution in [2.75, 3.05) is 7.05 Å². The highest BCUT2D eigenvalue weighted by molar-refractivity contribution is 7.89. The van der Waals surface area contributed by atoms with Gasteiger partial charge in [0.1, 0.15) is 5.01 Å². The monoisotopic (exact) mass is 375 g/mol. The lowest BCUT2D eigenvalue weighted by atomic mass is 10.1. The molecule has 0 atom stereocenters. The second-order valence-electron chi connectivity index (χ2n) is 5.44. The number of nitrogens with zero attached hydrogens (tertiary/aromatic N) is 1. The molecule has 25 heavy (non-hydrogen) atoms. The summed E-state index contributed by atoms with van der Waals surface area (Å²) in [5, 5.41) is 3.60. The number of rotatable bonds is 5. The molecule has 0 aliphatic rings. The molecule has 0 unspecified atom stereocenters. The van der Waals surface area contributed by atoms with Gasteiger partial charge >= 0.3 is 0 Å². The Morgan fingerprint density at radius 3 is 2.68 bits per heavy atom. The highest BCUT2D eigenvalue weighted by Gasteiger charge is 2.16. The Kier molecular flexibility index (Phi) is 4.85. The first-order chi connectivity index (χ1) is 11.9. The third-order valence-corrected chi connectivity index (χ3v) is 6.22. The number of fused-ring (bicyclic) bond motifs is 1. The van der Waals surface area contributed by atoms with Gasteiger partial charge in [0.25, 0.3) is 5.91 Å². The minimum Gasteiger partial charge on any atom is -0.346 e. The number of hydrogen-bond donors (Lipinski definition) is 2. The van der Waals surface area contributed by atoms with E-state index < -0.39 is 10.0 Å². The van der Waals surface area contributed by atoms with Crippen LogP contribution in [0.1, 0.15) is 20.9 Å². The summed E-state index contributed by atoms with van der Waals surface area (Å²) in [5.74, 6) is -0.329. The van der Waals surface area contributed by atoms with Gasteiger partial charge in [0.15, 0.2) is 0 Å². The molecule has 1 aromatic heterocycles. The van der Waals surface area contributed by atoms with E-state index in [0.717, 1.165) is 15.2 Å². The molecule has 1 amide bonds. The fourth-order valence-electron chi connectivity index (χ4n) is 2.38. The minimum atomic E-state index is -3.60. The van der Waals surface area contributed by atoms with E-state index in [0.29, 0.717) is 17.7 Å². The van der Waals surface area contributed by atoms with Crippen molar-refractivity contribution in [1.29, 1.82) is 0 Å². The summed E-state index contributed by atoms with van der Waals surface area (Å²) >= 11 is 1.52. The summed E-state index contributed by atoms with van der Waals surface area (Å²) in [6, 6.07) is 12.3. The lowest BCUT2D eigenvalue weighted by Crippen LogP contribution is -2.25. The first-order valence-corrected chi connectivity index (χ1v) is 9.87. The molecule has 8 heteroatoms. The van der Waals surface area contributed by atoms with Crippen LogP contribution in [0, 0.1) is 6.92 Å². The van der Waals surface area contributed by atoms with Crippen LogP contribution < -0.4 is 10.0 Å². The zero-order valence-corrected chi connectivity index (χ0v) is 15.4. The van der Waals surface area contributed by atoms with Gasteiger partial charge in [-0.15, -0.1) is 11.3 Å². The highest BCUT2D eigenvalue weighted by atomic mass is 32.2. The molecule has 0 spiro atoms. The van der Waals surface area contributed by atoms with E-state index in [1.165, 1.54) is 30.5 Å². The van der Waals surface area contributed by atoms with Crippen LogP contribution in [0.2, 0.25) is 0 Å². The Balaban J connectivity index is 1.80. The molecule has 3 rings (SSSR count). The molecule has 0 aliphatic heterocycles. The number of benzene rings is 2. The van der Waals surface area contributed by atoms with E-state index in [9.17, 15) is 13.2 Å². The van der Waals surface area contributed by atoms with Crippen molar-refractivity contribution in [3.63, 3.8) is 0 Å². The van der Waals surface area contributed by atoms with Gasteiger partial charge in [0.05, 0.1) is 21.7 Å². The Morgan fingerprint density at radius 2 is 1.96 bits per heavy atom. The van der Waals surface area contributed by atoms with Crippen molar-refractivity contribution >= 4 is 37.5 Å². The standard InChI is InChI=1S/C17H17N3O3S2/c1-11-7-8-12(25(22,23)18-2)9-13(11)17(21)19-10-16-20-14-5-3-4-6-15(14)24-16/h3-9,18H,10H2,1-2H3,(H,19,21). The number of thiazole rings is 1. The Morgan fingerprint density at radius 1 is 1.20 bits per heavy atom. The summed E-state index contributed by atoms with van der Waals surface area (Å²) in [5.41, 5.74) is 1.93. The second kappa shape index (κ2) is 6.91. The van der Waals surface area contributed by atoms with Gasteiger partial charge in [-0.2, -0.15) is 0 Å². The maximum absolute atomic E-state index is 12.5. The molecule has 1 heterocycles. The van der Waals surface area contributed by atoms with Crippen molar-refractivity contribution in [1.82, 2.24) is 15.0 Å². The lowest BCUT2D eigenvalue weighted by molar-refractivity contribution is 0.0950. The van der Waals surface area contributed by atoms with Crippen LogP contribution in [0.5, 0.6) is 0 Å². The molecular weight excluding hydrogens is 358 g/mol. The first-order valence-electron chi connectivity index (χ1n) is 7.57. The number of aryl methyl sites for hydroxylation is 1. The van der Waals surface area contributed by atoms with Gasteiger partial charge in [-0.05, 0) is 43.8 Å². The highest BCUT2D eigenvalue weighted by Crippen LogP contribution is 2.21. The van der Waals surface area contributed by atoms with Gasteiger partial charge in [-0.1, -0.05) is 18.2 Å².